The van der Waals surface area contributed by atoms with Crippen molar-refractivity contribution in [1.29, 1.82) is 0 Å². The molecule has 3 aromatic rings. The number of hydrogen-bond donors (Lipinski definition) is 2. The second-order valence-corrected chi connectivity index (χ2v) is 7.82. The molecule has 7 nitrogen and oxygen atoms in total. The summed E-state index contributed by atoms with van der Waals surface area (Å²) in [4.78, 5) is 14.3. The quantitative estimate of drug-likeness (QED) is 0.310. The number of aliphatic imine (C=N–C) groups is 1. The molecule has 158 valence electrons. The van der Waals surface area contributed by atoms with Crippen LogP contribution in [0.5, 0.6) is 11.6 Å². The van der Waals surface area contributed by atoms with Crippen LogP contribution in [-0.2, 0) is 13.1 Å². The number of rotatable bonds is 9. The molecule has 8 heteroatoms. The highest BCUT2D eigenvalue weighted by Gasteiger charge is 2.06. The average Bonchev–Trinajstić information content (AvgIpc) is 3.10. The zero-order valence-corrected chi connectivity index (χ0v) is 18.3. The van der Waals surface area contributed by atoms with Gasteiger partial charge in [-0.3, -0.25) is 4.99 Å². The van der Waals surface area contributed by atoms with E-state index in [-0.39, 0.29) is 0 Å². The molecule has 3 rings (SSSR count). The van der Waals surface area contributed by atoms with Crippen molar-refractivity contribution >= 4 is 17.3 Å². The van der Waals surface area contributed by atoms with Gasteiger partial charge in [0.15, 0.2) is 5.96 Å². The van der Waals surface area contributed by atoms with Crippen LogP contribution >= 0.6 is 11.3 Å². The lowest BCUT2D eigenvalue weighted by Gasteiger charge is -2.12. The Morgan fingerprint density at radius 1 is 1.00 bits per heavy atom. The number of guanidine groups is 1. The molecule has 0 fully saturated rings. The van der Waals surface area contributed by atoms with Gasteiger partial charge in [-0.15, -0.1) is 11.3 Å². The number of hydrogen-bond acceptors (Lipinski definition) is 6. The third-order valence-electron chi connectivity index (χ3n) is 4.24. The summed E-state index contributed by atoms with van der Waals surface area (Å²) in [7, 11) is 1.76. The van der Waals surface area contributed by atoms with Crippen LogP contribution in [0, 0.1) is 13.8 Å². The molecule has 0 saturated carbocycles. The van der Waals surface area contributed by atoms with Crippen molar-refractivity contribution in [2.75, 3.05) is 20.3 Å². The van der Waals surface area contributed by atoms with Crippen molar-refractivity contribution in [3.63, 3.8) is 0 Å². The van der Waals surface area contributed by atoms with Gasteiger partial charge in [0.2, 0.25) is 5.88 Å². The molecule has 2 N–H and O–H groups in total. The van der Waals surface area contributed by atoms with Gasteiger partial charge >= 0.3 is 0 Å². The van der Waals surface area contributed by atoms with E-state index in [1.807, 2.05) is 56.3 Å². The molecule has 0 spiro atoms. The van der Waals surface area contributed by atoms with Gasteiger partial charge in [-0.2, -0.15) is 0 Å². The van der Waals surface area contributed by atoms with Gasteiger partial charge in [0.1, 0.15) is 19.0 Å². The Morgan fingerprint density at radius 2 is 1.77 bits per heavy atom. The number of aromatic nitrogens is 2. The summed E-state index contributed by atoms with van der Waals surface area (Å²) >= 11 is 1.70. The molecule has 0 radical (unpaired) electrons. The zero-order valence-electron chi connectivity index (χ0n) is 17.5. The Hall–Kier alpha value is -3.13. The Labute approximate surface area is 181 Å². The molecule has 0 unspecified atom stereocenters. The molecule has 0 atom stereocenters. The summed E-state index contributed by atoms with van der Waals surface area (Å²) in [5, 5.41) is 7.69. The van der Waals surface area contributed by atoms with E-state index in [1.165, 1.54) is 4.88 Å². The van der Waals surface area contributed by atoms with E-state index < -0.39 is 0 Å². The molecule has 30 heavy (non-hydrogen) atoms. The Bertz CT molecular complexity index is 942. The fraction of sp³-hybridized carbons (Fsp3) is 0.318. The predicted octanol–water partition coefficient (Wildman–Crippen LogP) is 3.48. The first-order chi connectivity index (χ1) is 14.6. The van der Waals surface area contributed by atoms with Crippen molar-refractivity contribution < 1.29 is 9.47 Å². The van der Waals surface area contributed by atoms with Gasteiger partial charge in [-0.05, 0) is 31.5 Å². The topological polar surface area (TPSA) is 80.7 Å². The van der Waals surface area contributed by atoms with Gasteiger partial charge < -0.3 is 20.1 Å². The Morgan fingerprint density at radius 3 is 2.43 bits per heavy atom. The molecule has 0 saturated heterocycles. The molecule has 2 aromatic heterocycles. The van der Waals surface area contributed by atoms with Gasteiger partial charge in [0.05, 0.1) is 17.2 Å². The number of nitrogens with one attached hydrogen (secondary N) is 2. The van der Waals surface area contributed by atoms with E-state index in [0.717, 1.165) is 28.0 Å². The lowest BCUT2D eigenvalue weighted by molar-refractivity contribution is 0.212. The highest BCUT2D eigenvalue weighted by Crippen LogP contribution is 2.16. The number of aryl methyl sites for hydroxylation is 2. The van der Waals surface area contributed by atoms with Gasteiger partial charge in [-0.25, -0.2) is 9.97 Å². The van der Waals surface area contributed by atoms with E-state index in [1.54, 1.807) is 24.6 Å². The minimum absolute atomic E-state index is 0.437. The van der Waals surface area contributed by atoms with Crippen LogP contribution in [-0.4, -0.2) is 36.2 Å². The Balaban J connectivity index is 1.38. The highest BCUT2D eigenvalue weighted by atomic mass is 32.1. The standard InChI is InChI=1S/C22H27N5O2S/c1-16-20(30-17(2)27-16)15-26-22(23-3)25-14-18-9-10-21(24-13-18)29-12-11-28-19-7-5-4-6-8-19/h4-10,13H,11-12,14-15H2,1-3H3,(H2,23,25,26). The molecular formula is C22H27N5O2S. The predicted molar refractivity (Wildman–Crippen MR) is 120 cm³/mol. The Kier molecular flexibility index (Phi) is 8.02. The highest BCUT2D eigenvalue weighted by molar-refractivity contribution is 7.11. The molecule has 0 aliphatic carbocycles. The largest absolute Gasteiger partial charge is 0.490 e. The normalized spacial score (nSPS) is 11.2. The maximum Gasteiger partial charge on any atom is 0.213 e. The lowest BCUT2D eigenvalue weighted by Crippen LogP contribution is -2.36. The van der Waals surface area contributed by atoms with Crippen LogP contribution in [0.15, 0.2) is 53.7 Å². The average molecular weight is 426 g/mol. The van der Waals surface area contributed by atoms with Crippen LogP contribution in [0.4, 0.5) is 0 Å². The molecule has 0 aliphatic heterocycles. The third-order valence-corrected chi connectivity index (χ3v) is 5.32. The van der Waals surface area contributed by atoms with Gasteiger partial charge in [0.25, 0.3) is 0 Å². The number of thiazole rings is 1. The summed E-state index contributed by atoms with van der Waals surface area (Å²) in [6, 6.07) is 13.5. The first-order valence-corrected chi connectivity index (χ1v) is 10.6. The van der Waals surface area contributed by atoms with E-state index in [2.05, 4.69) is 25.6 Å². The van der Waals surface area contributed by atoms with Crippen LogP contribution in [0.25, 0.3) is 0 Å². The number of ether oxygens (including phenoxy) is 2. The van der Waals surface area contributed by atoms with Crippen LogP contribution < -0.4 is 20.1 Å². The summed E-state index contributed by atoms with van der Waals surface area (Å²) < 4.78 is 11.2. The SMILES string of the molecule is CN=C(NCc1ccc(OCCOc2ccccc2)nc1)NCc1sc(C)nc1C. The van der Waals surface area contributed by atoms with E-state index in [9.17, 15) is 0 Å². The maximum atomic E-state index is 5.63. The van der Waals surface area contributed by atoms with Crippen molar-refractivity contribution in [2.45, 2.75) is 26.9 Å². The first kappa shape index (κ1) is 21.6. The lowest BCUT2D eigenvalue weighted by atomic mass is 10.3. The monoisotopic (exact) mass is 425 g/mol. The molecule has 0 bridgehead atoms. The van der Waals surface area contributed by atoms with Crippen LogP contribution in [0.1, 0.15) is 21.1 Å². The minimum atomic E-state index is 0.437. The van der Waals surface area contributed by atoms with Crippen molar-refractivity contribution in [3.8, 4) is 11.6 Å². The second kappa shape index (κ2) is 11.2. The maximum absolute atomic E-state index is 5.63. The van der Waals surface area contributed by atoms with Crippen LogP contribution in [0.3, 0.4) is 0 Å². The molecular weight excluding hydrogens is 398 g/mol. The third kappa shape index (κ3) is 6.73. The summed E-state index contributed by atoms with van der Waals surface area (Å²) in [6.07, 6.45) is 1.80. The summed E-state index contributed by atoms with van der Waals surface area (Å²) in [6.45, 7) is 6.27. The second-order valence-electron chi connectivity index (χ2n) is 6.54. The first-order valence-electron chi connectivity index (χ1n) is 9.77. The fourth-order valence-electron chi connectivity index (χ4n) is 2.73. The molecule has 0 aliphatic rings. The number of benzene rings is 1. The van der Waals surface area contributed by atoms with E-state index in [4.69, 9.17) is 9.47 Å². The van der Waals surface area contributed by atoms with Gasteiger partial charge in [0, 0.05) is 30.7 Å². The van der Waals surface area contributed by atoms with Crippen LogP contribution in [0.2, 0.25) is 0 Å². The number of nitrogens with zero attached hydrogens (tertiary/aromatic N) is 3. The summed E-state index contributed by atoms with van der Waals surface area (Å²) in [5.41, 5.74) is 2.10. The van der Waals surface area contributed by atoms with Crippen molar-refractivity contribution in [1.82, 2.24) is 20.6 Å². The minimum Gasteiger partial charge on any atom is -0.490 e. The number of pyridine rings is 1. The molecule has 1 aromatic carbocycles. The molecule has 0 amide bonds. The van der Waals surface area contributed by atoms with Crippen molar-refractivity contribution in [3.05, 3.63) is 69.8 Å². The van der Waals surface area contributed by atoms with E-state index >= 15 is 0 Å². The fourth-order valence-corrected chi connectivity index (χ4v) is 3.61. The van der Waals surface area contributed by atoms with Crippen molar-refractivity contribution in [2.24, 2.45) is 4.99 Å². The smallest absolute Gasteiger partial charge is 0.213 e. The van der Waals surface area contributed by atoms with E-state index in [0.29, 0.717) is 32.2 Å². The molecule has 2 heterocycles. The number of para-hydroxylation sites is 1. The summed E-state index contributed by atoms with van der Waals surface area (Å²) in [5.74, 6) is 2.14. The zero-order chi connectivity index (χ0) is 21.2. The van der Waals surface area contributed by atoms with Gasteiger partial charge in [-0.1, -0.05) is 24.3 Å².